The van der Waals surface area contributed by atoms with E-state index in [2.05, 4.69) is 15.3 Å². The summed E-state index contributed by atoms with van der Waals surface area (Å²) in [6.45, 7) is 0.696. The maximum Gasteiger partial charge on any atom is 0.233 e. The van der Waals surface area contributed by atoms with Crippen molar-refractivity contribution in [3.8, 4) is 5.88 Å². The number of halogens is 2. The molecule has 0 spiro atoms. The molecule has 2 aromatic rings. The molecule has 2 aliphatic rings. The Kier molecular flexibility index (Phi) is 7.95. The van der Waals surface area contributed by atoms with E-state index >= 15 is 0 Å². The summed E-state index contributed by atoms with van der Waals surface area (Å²) in [5.74, 6) is -0.992. The number of anilines is 1. The predicted octanol–water partition coefficient (Wildman–Crippen LogP) is 3.64. The molecule has 0 bridgehead atoms. The number of nitrogens with zero attached hydrogens (tertiary/aromatic N) is 2. The molecule has 4 atom stereocenters. The maximum absolute atomic E-state index is 13.8. The van der Waals surface area contributed by atoms with E-state index in [4.69, 9.17) is 9.47 Å². The lowest BCUT2D eigenvalue weighted by molar-refractivity contribution is -0.118. The highest BCUT2D eigenvalue weighted by Crippen LogP contribution is 2.39. The first-order valence-electron chi connectivity index (χ1n) is 11.6. The van der Waals surface area contributed by atoms with Crippen LogP contribution in [0.5, 0.6) is 5.88 Å². The molecule has 4 rings (SSSR count). The van der Waals surface area contributed by atoms with Crippen LogP contribution in [0.4, 0.5) is 14.6 Å². The van der Waals surface area contributed by atoms with Crippen LogP contribution in [0.25, 0.3) is 0 Å². The summed E-state index contributed by atoms with van der Waals surface area (Å²) in [6, 6.07) is 6.21. The molecule has 2 fully saturated rings. The van der Waals surface area contributed by atoms with Crippen LogP contribution in [0.1, 0.15) is 43.6 Å². The fourth-order valence-electron chi connectivity index (χ4n) is 4.31. The van der Waals surface area contributed by atoms with Crippen molar-refractivity contribution < 1.29 is 31.5 Å². The van der Waals surface area contributed by atoms with Gasteiger partial charge in [-0.2, -0.15) is 0 Å². The van der Waals surface area contributed by atoms with Crippen molar-refractivity contribution in [2.75, 3.05) is 25.6 Å². The Labute approximate surface area is 203 Å². The summed E-state index contributed by atoms with van der Waals surface area (Å²) in [5, 5.41) is 2.37. The van der Waals surface area contributed by atoms with Crippen LogP contribution in [-0.2, 0) is 19.4 Å². The number of rotatable bonds is 11. The minimum Gasteiger partial charge on any atom is -0.474 e. The Morgan fingerprint density at radius 1 is 1.09 bits per heavy atom. The van der Waals surface area contributed by atoms with Gasteiger partial charge in [-0.3, -0.25) is 4.79 Å². The van der Waals surface area contributed by atoms with Gasteiger partial charge in [-0.05, 0) is 55.7 Å². The average molecular weight is 510 g/mol. The summed E-state index contributed by atoms with van der Waals surface area (Å²) >= 11 is 0. The van der Waals surface area contributed by atoms with Crippen LogP contribution in [0, 0.1) is 5.92 Å². The minimum atomic E-state index is -3.36. The summed E-state index contributed by atoms with van der Waals surface area (Å²) < 4.78 is 62.9. The maximum atomic E-state index is 13.8. The zero-order chi connectivity index (χ0) is 25.0. The Balaban J connectivity index is 1.49. The van der Waals surface area contributed by atoms with E-state index in [0.717, 1.165) is 0 Å². The highest BCUT2D eigenvalue weighted by Gasteiger charge is 2.38. The van der Waals surface area contributed by atoms with Crippen LogP contribution in [0.2, 0.25) is 0 Å². The number of ether oxygens (including phenoxy) is 2. The molecular weight excluding hydrogens is 480 g/mol. The van der Waals surface area contributed by atoms with Gasteiger partial charge in [0.1, 0.15) is 19.0 Å². The topological polar surface area (TPSA) is 107 Å². The van der Waals surface area contributed by atoms with Crippen molar-refractivity contribution in [3.63, 3.8) is 0 Å². The molecule has 2 saturated carbocycles. The van der Waals surface area contributed by atoms with Gasteiger partial charge in [-0.15, -0.1) is 0 Å². The summed E-state index contributed by atoms with van der Waals surface area (Å²) in [4.78, 5) is 21.7. The van der Waals surface area contributed by atoms with E-state index < -0.39 is 34.0 Å². The average Bonchev–Trinajstić information content (AvgIpc) is 3.65. The number of carbonyl (C=O) groups is 1. The number of hydrogen-bond acceptors (Lipinski definition) is 7. The van der Waals surface area contributed by atoms with Gasteiger partial charge in [0.05, 0.1) is 35.1 Å². The number of hydrogen-bond donors (Lipinski definition) is 1. The molecule has 0 radical (unpaired) electrons. The smallest absolute Gasteiger partial charge is 0.233 e. The van der Waals surface area contributed by atoms with Gasteiger partial charge in [0.15, 0.2) is 15.7 Å². The van der Waals surface area contributed by atoms with E-state index in [-0.39, 0.29) is 47.0 Å². The Hall–Kier alpha value is -2.66. The quantitative estimate of drug-likeness (QED) is 0.461. The molecule has 1 amide bonds. The second-order valence-corrected chi connectivity index (χ2v) is 11.3. The minimum absolute atomic E-state index is 0.0480. The lowest BCUT2D eigenvalue weighted by atomic mass is 9.87. The molecule has 190 valence electrons. The number of alkyl halides is 2. The molecule has 2 aliphatic carbocycles. The van der Waals surface area contributed by atoms with E-state index in [1.807, 2.05) is 0 Å². The molecule has 0 unspecified atom stereocenters. The molecule has 1 aromatic heterocycles. The second-order valence-electron chi connectivity index (χ2n) is 9.04. The SMILES string of the molecule is COCCOc1cnc(NC(=O)[C@H](C[C@H]2C[C@@H](F)[C@@H](F)C2)c2ccc(S(=O)(=O)C3CC3)cc2)cn1. The van der Waals surface area contributed by atoms with Crippen LogP contribution in [0.15, 0.2) is 41.6 Å². The Bertz CT molecular complexity index is 1100. The molecular formula is C24H29F2N3O5S. The summed E-state index contributed by atoms with van der Waals surface area (Å²) in [6.07, 6.45) is 1.29. The van der Waals surface area contributed by atoms with Gasteiger partial charge in [-0.1, -0.05) is 12.1 Å². The van der Waals surface area contributed by atoms with Gasteiger partial charge in [-0.25, -0.2) is 27.2 Å². The first-order chi connectivity index (χ1) is 16.8. The number of methoxy groups -OCH3 is 1. The van der Waals surface area contributed by atoms with Crippen molar-refractivity contribution in [1.29, 1.82) is 0 Å². The highest BCUT2D eigenvalue weighted by atomic mass is 32.2. The third kappa shape index (κ3) is 6.32. The van der Waals surface area contributed by atoms with Crippen LogP contribution < -0.4 is 10.1 Å². The number of nitrogens with one attached hydrogen (secondary N) is 1. The Morgan fingerprint density at radius 2 is 1.77 bits per heavy atom. The van der Waals surface area contributed by atoms with Gasteiger partial charge in [0.2, 0.25) is 11.8 Å². The lowest BCUT2D eigenvalue weighted by Crippen LogP contribution is -2.24. The molecule has 35 heavy (non-hydrogen) atoms. The summed E-state index contributed by atoms with van der Waals surface area (Å²) in [5.41, 5.74) is 0.572. The zero-order valence-corrected chi connectivity index (χ0v) is 20.2. The van der Waals surface area contributed by atoms with Crippen molar-refractivity contribution in [2.24, 2.45) is 5.92 Å². The van der Waals surface area contributed by atoms with E-state index in [1.165, 1.54) is 24.5 Å². The van der Waals surface area contributed by atoms with E-state index in [9.17, 15) is 22.0 Å². The molecule has 0 aliphatic heterocycles. The fraction of sp³-hybridized carbons (Fsp3) is 0.542. The van der Waals surface area contributed by atoms with Crippen molar-refractivity contribution in [3.05, 3.63) is 42.2 Å². The molecule has 1 heterocycles. The first-order valence-corrected chi connectivity index (χ1v) is 13.2. The number of benzene rings is 1. The molecule has 11 heteroatoms. The number of carbonyl (C=O) groups excluding carboxylic acids is 1. The predicted molar refractivity (Wildman–Crippen MR) is 125 cm³/mol. The third-order valence-corrected chi connectivity index (χ3v) is 8.66. The van der Waals surface area contributed by atoms with Gasteiger partial charge >= 0.3 is 0 Å². The molecule has 8 nitrogen and oxygen atoms in total. The van der Waals surface area contributed by atoms with E-state index in [0.29, 0.717) is 31.6 Å². The summed E-state index contributed by atoms with van der Waals surface area (Å²) in [7, 11) is -1.81. The highest BCUT2D eigenvalue weighted by molar-refractivity contribution is 7.92. The normalized spacial score (nSPS) is 23.1. The van der Waals surface area contributed by atoms with Crippen LogP contribution in [0.3, 0.4) is 0 Å². The van der Waals surface area contributed by atoms with Crippen LogP contribution >= 0.6 is 0 Å². The molecule has 1 aromatic carbocycles. The molecule has 1 N–H and O–H groups in total. The third-order valence-electron chi connectivity index (χ3n) is 6.39. The first kappa shape index (κ1) is 25.4. The largest absolute Gasteiger partial charge is 0.474 e. The number of amides is 1. The standard InChI is InChI=1S/C24H29F2N3O5S/c1-33-8-9-34-23-14-27-22(13-28-23)29-24(30)19(10-15-11-20(25)21(26)12-15)16-2-4-17(5-3-16)35(31,32)18-6-7-18/h2-5,13-15,18-21H,6-12H2,1H3,(H,27,29,30)/t15-,19-,20+,21-/m1/s1. The lowest BCUT2D eigenvalue weighted by Gasteiger charge is -2.20. The van der Waals surface area contributed by atoms with Crippen molar-refractivity contribution >= 4 is 21.6 Å². The molecule has 0 saturated heterocycles. The van der Waals surface area contributed by atoms with Crippen molar-refractivity contribution in [1.82, 2.24) is 9.97 Å². The van der Waals surface area contributed by atoms with E-state index in [1.54, 1.807) is 19.2 Å². The monoisotopic (exact) mass is 509 g/mol. The number of aromatic nitrogens is 2. The second kappa shape index (κ2) is 10.9. The number of sulfone groups is 1. The Morgan fingerprint density at radius 3 is 2.34 bits per heavy atom. The zero-order valence-electron chi connectivity index (χ0n) is 19.4. The van der Waals surface area contributed by atoms with Crippen LogP contribution in [-0.4, -0.2) is 62.2 Å². The van der Waals surface area contributed by atoms with Gasteiger partial charge < -0.3 is 14.8 Å². The fourth-order valence-corrected chi connectivity index (χ4v) is 5.96. The van der Waals surface area contributed by atoms with Gasteiger partial charge in [0.25, 0.3) is 0 Å². The van der Waals surface area contributed by atoms with Crippen molar-refractivity contribution in [2.45, 2.75) is 60.5 Å². The van der Waals surface area contributed by atoms with Gasteiger partial charge in [0, 0.05) is 7.11 Å².